The molecule has 1 heterocycles. The van der Waals surface area contributed by atoms with E-state index in [2.05, 4.69) is 15.9 Å². The molecule has 0 amide bonds. The lowest BCUT2D eigenvalue weighted by atomic mass is 10.0. The van der Waals surface area contributed by atoms with Gasteiger partial charge in [-0.3, -0.25) is 19.7 Å². The first kappa shape index (κ1) is 17.6. The standard InChI is InChI=1S/C19H14BrN3O4/c20-10-2-4-13-14(8-10)18(24)16-12-5-3-11(23(26)27)9-15(12)19(25)22(17(13)16)7-1-6-21/h2-5,8-9H,1,6-7,21H2. The van der Waals surface area contributed by atoms with Gasteiger partial charge in [-0.05, 0) is 31.2 Å². The highest BCUT2D eigenvalue weighted by Crippen LogP contribution is 2.40. The lowest BCUT2D eigenvalue weighted by Crippen LogP contribution is -2.24. The molecule has 1 aromatic heterocycles. The number of nitrogens with two attached hydrogens (primary N) is 1. The number of nitrogens with zero attached hydrogens (tertiary/aromatic N) is 2. The number of non-ortho nitro benzene ring substituents is 1. The maximum atomic E-state index is 13.1. The normalized spacial score (nSPS) is 12.3. The van der Waals surface area contributed by atoms with Crippen molar-refractivity contribution in [3.63, 3.8) is 0 Å². The van der Waals surface area contributed by atoms with Crippen molar-refractivity contribution in [2.45, 2.75) is 13.0 Å². The molecule has 0 aliphatic heterocycles. The molecule has 7 nitrogen and oxygen atoms in total. The summed E-state index contributed by atoms with van der Waals surface area (Å²) in [4.78, 5) is 36.8. The van der Waals surface area contributed by atoms with Crippen LogP contribution in [0.4, 0.5) is 5.69 Å². The number of halogens is 1. The van der Waals surface area contributed by atoms with Crippen LogP contribution in [0.3, 0.4) is 0 Å². The molecule has 2 N–H and O–H groups in total. The van der Waals surface area contributed by atoms with E-state index in [1.54, 1.807) is 12.1 Å². The molecular weight excluding hydrogens is 414 g/mol. The van der Waals surface area contributed by atoms with E-state index in [-0.39, 0.29) is 22.4 Å². The van der Waals surface area contributed by atoms with Gasteiger partial charge in [0.05, 0.1) is 21.6 Å². The summed E-state index contributed by atoms with van der Waals surface area (Å²) in [6.07, 6.45) is 0.548. The number of benzene rings is 2. The first-order valence-corrected chi connectivity index (χ1v) is 9.13. The summed E-state index contributed by atoms with van der Waals surface area (Å²) in [5.74, 6) is -0.193. The molecule has 3 aromatic rings. The predicted octanol–water partition coefficient (Wildman–Crippen LogP) is 3.23. The fraction of sp³-hybridized carbons (Fsp3) is 0.158. The van der Waals surface area contributed by atoms with E-state index in [4.69, 9.17) is 5.73 Å². The van der Waals surface area contributed by atoms with Crippen LogP contribution in [-0.2, 0) is 6.54 Å². The molecule has 27 heavy (non-hydrogen) atoms. The third-order valence-corrected chi connectivity index (χ3v) is 5.25. The molecule has 0 saturated heterocycles. The fourth-order valence-electron chi connectivity index (χ4n) is 3.57. The van der Waals surface area contributed by atoms with Gasteiger partial charge in [0.15, 0.2) is 5.78 Å². The second kappa shape index (κ2) is 6.40. The highest BCUT2D eigenvalue weighted by Gasteiger charge is 2.33. The summed E-state index contributed by atoms with van der Waals surface area (Å²) in [6, 6.07) is 9.39. The number of carbonyl (C=O) groups excluding carboxylic acids is 1. The predicted molar refractivity (Wildman–Crippen MR) is 105 cm³/mol. The Balaban J connectivity index is 2.13. The molecule has 4 rings (SSSR count). The molecule has 0 atom stereocenters. The smallest absolute Gasteiger partial charge is 0.270 e. The molecule has 0 bridgehead atoms. The monoisotopic (exact) mass is 427 g/mol. The zero-order valence-corrected chi connectivity index (χ0v) is 15.7. The first-order chi connectivity index (χ1) is 12.9. The van der Waals surface area contributed by atoms with Crippen molar-refractivity contribution in [1.82, 2.24) is 4.57 Å². The van der Waals surface area contributed by atoms with E-state index < -0.39 is 4.92 Å². The number of pyridine rings is 1. The van der Waals surface area contributed by atoms with Gasteiger partial charge in [-0.2, -0.15) is 0 Å². The van der Waals surface area contributed by atoms with E-state index in [0.29, 0.717) is 47.3 Å². The first-order valence-electron chi connectivity index (χ1n) is 8.33. The molecule has 1 aliphatic rings. The second-order valence-electron chi connectivity index (χ2n) is 6.33. The quantitative estimate of drug-likeness (QED) is 0.397. The van der Waals surface area contributed by atoms with Crippen molar-refractivity contribution < 1.29 is 9.72 Å². The van der Waals surface area contributed by atoms with Gasteiger partial charge < -0.3 is 10.3 Å². The maximum Gasteiger partial charge on any atom is 0.270 e. The van der Waals surface area contributed by atoms with Gasteiger partial charge in [-0.25, -0.2) is 0 Å². The lowest BCUT2D eigenvalue weighted by molar-refractivity contribution is -0.384. The average molecular weight is 428 g/mol. The van der Waals surface area contributed by atoms with E-state index >= 15 is 0 Å². The summed E-state index contributed by atoms with van der Waals surface area (Å²) in [6.45, 7) is 0.717. The van der Waals surface area contributed by atoms with Crippen LogP contribution in [0.1, 0.15) is 22.3 Å². The highest BCUT2D eigenvalue weighted by atomic mass is 79.9. The zero-order valence-electron chi connectivity index (χ0n) is 14.1. The summed E-state index contributed by atoms with van der Waals surface area (Å²) >= 11 is 3.38. The zero-order chi connectivity index (χ0) is 19.3. The van der Waals surface area contributed by atoms with Crippen LogP contribution in [0.15, 0.2) is 45.7 Å². The van der Waals surface area contributed by atoms with Gasteiger partial charge in [0.1, 0.15) is 0 Å². The minimum Gasteiger partial charge on any atom is -0.330 e. The lowest BCUT2D eigenvalue weighted by Gasteiger charge is -2.14. The maximum absolute atomic E-state index is 13.1. The Morgan fingerprint density at radius 2 is 1.85 bits per heavy atom. The third kappa shape index (κ3) is 2.60. The Kier molecular flexibility index (Phi) is 4.16. The Morgan fingerprint density at radius 1 is 1.07 bits per heavy atom. The molecule has 8 heteroatoms. The Morgan fingerprint density at radius 3 is 2.56 bits per heavy atom. The summed E-state index contributed by atoms with van der Waals surface area (Å²) in [5, 5.41) is 11.7. The van der Waals surface area contributed by atoms with Crippen LogP contribution < -0.4 is 11.3 Å². The molecule has 0 radical (unpaired) electrons. The van der Waals surface area contributed by atoms with E-state index in [1.807, 2.05) is 6.07 Å². The SMILES string of the molecule is NCCCn1c2c(c3ccc([N+](=O)[O-])cc3c1=O)C(=O)c1cc(Br)ccc1-2. The number of aromatic nitrogens is 1. The molecular formula is C19H14BrN3O4. The van der Waals surface area contributed by atoms with E-state index in [0.717, 1.165) is 4.47 Å². The van der Waals surface area contributed by atoms with Crippen molar-refractivity contribution >= 4 is 38.2 Å². The van der Waals surface area contributed by atoms with Crippen molar-refractivity contribution in [3.05, 3.63) is 72.5 Å². The number of carbonyl (C=O) groups is 1. The Bertz CT molecular complexity index is 1200. The van der Waals surface area contributed by atoms with Crippen molar-refractivity contribution in [2.75, 3.05) is 6.54 Å². The van der Waals surface area contributed by atoms with Crippen molar-refractivity contribution in [3.8, 4) is 11.3 Å². The topological polar surface area (TPSA) is 108 Å². The number of nitro benzene ring substituents is 1. The van der Waals surface area contributed by atoms with Gasteiger partial charge in [-0.15, -0.1) is 0 Å². The van der Waals surface area contributed by atoms with Crippen LogP contribution in [-0.4, -0.2) is 21.8 Å². The van der Waals surface area contributed by atoms with E-state index in [9.17, 15) is 19.7 Å². The Labute approximate surface area is 161 Å². The fourth-order valence-corrected chi connectivity index (χ4v) is 3.93. The molecule has 2 aromatic carbocycles. The molecule has 1 aliphatic carbocycles. The number of rotatable bonds is 4. The third-order valence-electron chi connectivity index (χ3n) is 4.76. The van der Waals surface area contributed by atoms with Crippen LogP contribution in [0.25, 0.3) is 22.0 Å². The number of hydrogen-bond acceptors (Lipinski definition) is 5. The number of fused-ring (bicyclic) bond motifs is 5. The molecule has 0 saturated carbocycles. The molecule has 0 spiro atoms. The summed E-state index contributed by atoms with van der Waals surface area (Å²) in [7, 11) is 0. The number of nitro groups is 1. The highest BCUT2D eigenvalue weighted by molar-refractivity contribution is 9.10. The van der Waals surface area contributed by atoms with Gasteiger partial charge >= 0.3 is 0 Å². The van der Waals surface area contributed by atoms with Gasteiger partial charge in [0.25, 0.3) is 11.2 Å². The average Bonchev–Trinajstić information content (AvgIpc) is 2.93. The van der Waals surface area contributed by atoms with Crippen molar-refractivity contribution in [2.24, 2.45) is 5.73 Å². The van der Waals surface area contributed by atoms with E-state index in [1.165, 1.54) is 22.8 Å². The van der Waals surface area contributed by atoms with Crippen molar-refractivity contribution in [1.29, 1.82) is 0 Å². The minimum absolute atomic E-state index is 0.167. The minimum atomic E-state index is -0.552. The number of ketones is 1. The van der Waals surface area contributed by atoms with Gasteiger partial charge in [-0.1, -0.05) is 22.0 Å². The van der Waals surface area contributed by atoms with Crippen LogP contribution in [0, 0.1) is 10.1 Å². The number of hydrogen-bond donors (Lipinski definition) is 1. The van der Waals surface area contributed by atoms with Crippen LogP contribution in [0.5, 0.6) is 0 Å². The molecule has 136 valence electrons. The second-order valence-corrected chi connectivity index (χ2v) is 7.24. The van der Waals surface area contributed by atoms with Gasteiger partial charge in [0.2, 0.25) is 0 Å². The molecule has 0 unspecified atom stereocenters. The summed E-state index contributed by atoms with van der Waals surface area (Å²) in [5.41, 5.74) is 7.23. The Hall–Kier alpha value is -2.84. The van der Waals surface area contributed by atoms with Gasteiger partial charge in [0, 0.05) is 39.7 Å². The molecule has 0 fully saturated rings. The largest absolute Gasteiger partial charge is 0.330 e. The van der Waals surface area contributed by atoms with Crippen LogP contribution >= 0.6 is 15.9 Å². The summed E-state index contributed by atoms with van der Waals surface area (Å²) < 4.78 is 2.28. The van der Waals surface area contributed by atoms with Crippen LogP contribution in [0.2, 0.25) is 0 Å².